The van der Waals surface area contributed by atoms with E-state index in [0.29, 0.717) is 38.6 Å². The largest absolute Gasteiger partial charge is 0.464 e. The Morgan fingerprint density at radius 3 is 2.33 bits per heavy atom. The van der Waals surface area contributed by atoms with E-state index in [2.05, 4.69) is 4.90 Å². The first kappa shape index (κ1) is 25.6. The minimum atomic E-state index is -0.599. The van der Waals surface area contributed by atoms with E-state index in [1.54, 1.807) is 17.0 Å². The number of aryl methyl sites for hydroxylation is 1. The molecule has 8 heteroatoms. The highest BCUT2D eigenvalue weighted by Gasteiger charge is 2.26. The smallest absolute Gasteiger partial charge is 0.257 e. The number of amides is 2. The van der Waals surface area contributed by atoms with E-state index in [0.717, 1.165) is 24.4 Å². The fraction of sp³-hybridized carbons (Fsp3) is 0.357. The highest BCUT2D eigenvalue weighted by molar-refractivity contribution is 5.96. The lowest BCUT2D eigenvalue weighted by Crippen LogP contribution is -2.47. The number of rotatable bonds is 10. The Hall–Kier alpha value is -3.49. The van der Waals surface area contributed by atoms with E-state index in [1.165, 1.54) is 17.0 Å². The van der Waals surface area contributed by atoms with E-state index >= 15 is 0 Å². The summed E-state index contributed by atoms with van der Waals surface area (Å²) >= 11 is 0. The Labute approximate surface area is 211 Å². The second-order valence-electron chi connectivity index (χ2n) is 8.91. The van der Waals surface area contributed by atoms with E-state index < -0.39 is 11.7 Å². The summed E-state index contributed by atoms with van der Waals surface area (Å²) in [5, 5.41) is 0. The molecular weight excluding hydrogens is 461 g/mol. The zero-order chi connectivity index (χ0) is 25.3. The Kier molecular flexibility index (Phi) is 8.86. The maximum absolute atomic E-state index is 14.5. The SMILES string of the molecule is Cc1ccc(CN(Cc2ccccc2)C(=O)CN(CCN2CCOCC2)C(=O)c2ccccc2F)o1. The molecule has 0 unspecified atom stereocenters. The zero-order valence-electron chi connectivity index (χ0n) is 20.6. The van der Waals surface area contributed by atoms with E-state index in [4.69, 9.17) is 9.15 Å². The molecule has 1 fully saturated rings. The molecule has 4 rings (SSSR count). The number of halogens is 1. The first-order valence-electron chi connectivity index (χ1n) is 12.2. The van der Waals surface area contributed by atoms with Gasteiger partial charge in [-0.2, -0.15) is 0 Å². The summed E-state index contributed by atoms with van der Waals surface area (Å²) in [6, 6.07) is 19.3. The van der Waals surface area contributed by atoms with Crippen LogP contribution in [0.4, 0.5) is 4.39 Å². The molecule has 1 saturated heterocycles. The average molecular weight is 494 g/mol. The van der Waals surface area contributed by atoms with Gasteiger partial charge in [-0.15, -0.1) is 0 Å². The molecule has 2 aromatic carbocycles. The zero-order valence-corrected chi connectivity index (χ0v) is 20.6. The van der Waals surface area contributed by atoms with Gasteiger partial charge in [0.25, 0.3) is 5.91 Å². The molecule has 3 aromatic rings. The van der Waals surface area contributed by atoms with Crippen molar-refractivity contribution in [2.45, 2.75) is 20.0 Å². The van der Waals surface area contributed by atoms with Crippen molar-refractivity contribution >= 4 is 11.8 Å². The third-order valence-electron chi connectivity index (χ3n) is 6.22. The Bertz CT molecular complexity index is 1140. The maximum Gasteiger partial charge on any atom is 0.257 e. The van der Waals surface area contributed by atoms with Gasteiger partial charge >= 0.3 is 0 Å². The normalized spacial score (nSPS) is 13.9. The molecular formula is C28H32FN3O4. The summed E-state index contributed by atoms with van der Waals surface area (Å²) in [7, 11) is 0. The summed E-state index contributed by atoms with van der Waals surface area (Å²) in [4.78, 5) is 32.3. The van der Waals surface area contributed by atoms with Crippen molar-refractivity contribution in [2.75, 3.05) is 45.9 Å². The fourth-order valence-corrected chi connectivity index (χ4v) is 4.20. The second-order valence-corrected chi connectivity index (χ2v) is 8.91. The van der Waals surface area contributed by atoms with Crippen LogP contribution in [-0.4, -0.2) is 72.5 Å². The first-order valence-corrected chi connectivity index (χ1v) is 12.2. The highest BCUT2D eigenvalue weighted by atomic mass is 19.1. The summed E-state index contributed by atoms with van der Waals surface area (Å²) in [6.45, 7) is 5.99. The van der Waals surface area contributed by atoms with Crippen LogP contribution in [0.1, 0.15) is 27.4 Å². The first-order chi connectivity index (χ1) is 17.5. The minimum Gasteiger partial charge on any atom is -0.464 e. The van der Waals surface area contributed by atoms with Crippen molar-refractivity contribution in [3.63, 3.8) is 0 Å². The van der Waals surface area contributed by atoms with Gasteiger partial charge < -0.3 is 19.0 Å². The van der Waals surface area contributed by atoms with Crippen molar-refractivity contribution in [2.24, 2.45) is 0 Å². The van der Waals surface area contributed by atoms with E-state index in [-0.39, 0.29) is 24.6 Å². The summed E-state index contributed by atoms with van der Waals surface area (Å²) in [6.07, 6.45) is 0. The Morgan fingerprint density at radius 1 is 0.917 bits per heavy atom. The van der Waals surface area contributed by atoms with Gasteiger partial charge in [0.15, 0.2) is 0 Å². The predicted octanol–water partition coefficient (Wildman–Crippen LogP) is 3.73. The van der Waals surface area contributed by atoms with E-state index in [1.807, 2.05) is 49.4 Å². The molecule has 0 bridgehead atoms. The van der Waals surface area contributed by atoms with Crippen LogP contribution in [0, 0.1) is 12.7 Å². The van der Waals surface area contributed by atoms with Gasteiger partial charge in [0.05, 0.1) is 25.3 Å². The lowest BCUT2D eigenvalue weighted by Gasteiger charge is -2.31. The van der Waals surface area contributed by atoms with Crippen LogP contribution in [-0.2, 0) is 22.6 Å². The van der Waals surface area contributed by atoms with Gasteiger partial charge in [0.2, 0.25) is 5.91 Å². The lowest BCUT2D eigenvalue weighted by molar-refractivity contribution is -0.133. The molecule has 1 aromatic heterocycles. The number of carbonyl (C=O) groups is 2. The molecule has 36 heavy (non-hydrogen) atoms. The molecule has 0 N–H and O–H groups in total. The summed E-state index contributed by atoms with van der Waals surface area (Å²) in [5.74, 6) is 0.0948. The van der Waals surface area contributed by atoms with Crippen LogP contribution < -0.4 is 0 Å². The quantitative estimate of drug-likeness (QED) is 0.431. The van der Waals surface area contributed by atoms with Crippen LogP contribution in [0.2, 0.25) is 0 Å². The molecule has 0 saturated carbocycles. The van der Waals surface area contributed by atoms with Gasteiger partial charge in [0.1, 0.15) is 23.9 Å². The van der Waals surface area contributed by atoms with Crippen LogP contribution in [0.5, 0.6) is 0 Å². The van der Waals surface area contributed by atoms with Crippen molar-refractivity contribution < 1.29 is 23.1 Å². The number of morpholine rings is 1. The third kappa shape index (κ3) is 7.02. The lowest BCUT2D eigenvalue weighted by atomic mass is 10.1. The van der Waals surface area contributed by atoms with Gasteiger partial charge in [0, 0.05) is 32.7 Å². The van der Waals surface area contributed by atoms with Crippen molar-refractivity contribution in [1.29, 1.82) is 0 Å². The van der Waals surface area contributed by atoms with Crippen LogP contribution >= 0.6 is 0 Å². The maximum atomic E-state index is 14.5. The minimum absolute atomic E-state index is 0.0384. The second kappa shape index (κ2) is 12.5. The number of carbonyl (C=O) groups excluding carboxylic acids is 2. The Morgan fingerprint density at radius 2 is 1.64 bits per heavy atom. The number of benzene rings is 2. The molecule has 0 radical (unpaired) electrons. The van der Waals surface area contributed by atoms with Crippen LogP contribution in [0.3, 0.4) is 0 Å². The van der Waals surface area contributed by atoms with Gasteiger partial charge in [-0.3, -0.25) is 14.5 Å². The molecule has 1 aliphatic rings. The number of hydrogen-bond donors (Lipinski definition) is 0. The average Bonchev–Trinajstić information content (AvgIpc) is 3.31. The predicted molar refractivity (Wildman–Crippen MR) is 134 cm³/mol. The molecule has 7 nitrogen and oxygen atoms in total. The number of nitrogens with zero attached hydrogens (tertiary/aromatic N) is 3. The van der Waals surface area contributed by atoms with Gasteiger partial charge in [-0.25, -0.2) is 4.39 Å². The standard InChI is InChI=1S/C28H32FN3O4/c1-22-11-12-24(36-22)20-32(19-23-7-3-2-4-8-23)27(33)21-31(14-13-30-15-17-35-18-16-30)28(34)25-9-5-6-10-26(25)29/h2-12H,13-21H2,1H3. The number of hydrogen-bond acceptors (Lipinski definition) is 5. The summed E-state index contributed by atoms with van der Waals surface area (Å²) in [5.41, 5.74) is 0.929. The molecule has 1 aliphatic heterocycles. The topological polar surface area (TPSA) is 66.2 Å². The highest BCUT2D eigenvalue weighted by Crippen LogP contribution is 2.15. The van der Waals surface area contributed by atoms with Crippen LogP contribution in [0.15, 0.2) is 71.1 Å². The Balaban J connectivity index is 1.53. The molecule has 190 valence electrons. The third-order valence-corrected chi connectivity index (χ3v) is 6.22. The molecule has 0 spiro atoms. The number of ether oxygens (including phenoxy) is 1. The van der Waals surface area contributed by atoms with Crippen molar-refractivity contribution in [3.8, 4) is 0 Å². The van der Waals surface area contributed by atoms with Gasteiger partial charge in [-0.05, 0) is 36.8 Å². The van der Waals surface area contributed by atoms with Crippen LogP contribution in [0.25, 0.3) is 0 Å². The fourth-order valence-electron chi connectivity index (χ4n) is 4.20. The van der Waals surface area contributed by atoms with Gasteiger partial charge in [-0.1, -0.05) is 42.5 Å². The molecule has 0 atom stereocenters. The van der Waals surface area contributed by atoms with Crippen molar-refractivity contribution in [1.82, 2.24) is 14.7 Å². The number of furan rings is 1. The molecule has 2 amide bonds. The van der Waals surface area contributed by atoms with E-state index in [9.17, 15) is 14.0 Å². The summed E-state index contributed by atoms with van der Waals surface area (Å²) < 4.78 is 25.6. The monoisotopic (exact) mass is 493 g/mol. The molecule has 0 aliphatic carbocycles. The van der Waals surface area contributed by atoms with Crippen molar-refractivity contribution in [3.05, 3.63) is 95.2 Å². The molecule has 2 heterocycles.